The van der Waals surface area contributed by atoms with Crippen LogP contribution in [0.15, 0.2) is 54.6 Å². The molecule has 3 amide bonds. The molecule has 0 aromatic heterocycles. The lowest BCUT2D eigenvalue weighted by Gasteiger charge is -2.28. The Morgan fingerprint density at radius 2 is 1.51 bits per heavy atom. The quantitative estimate of drug-likeness (QED) is 0.287. The molecule has 41 heavy (non-hydrogen) atoms. The summed E-state index contributed by atoms with van der Waals surface area (Å²) >= 11 is 0. The summed E-state index contributed by atoms with van der Waals surface area (Å²) < 4.78 is 11.5. The fourth-order valence-electron chi connectivity index (χ4n) is 4.87. The Balaban J connectivity index is 1.67. The second kappa shape index (κ2) is 15.5. The average molecular weight is 566 g/mol. The molecule has 0 bridgehead atoms. The van der Waals surface area contributed by atoms with Gasteiger partial charge in [0.25, 0.3) is 0 Å². The molecule has 0 spiro atoms. The number of urea groups is 1. The highest BCUT2D eigenvalue weighted by molar-refractivity contribution is 5.90. The van der Waals surface area contributed by atoms with Crippen LogP contribution in [0, 0.1) is 5.92 Å². The number of ether oxygens (including phenoxy) is 2. The highest BCUT2D eigenvalue weighted by Gasteiger charge is 2.31. The third-order valence-electron chi connectivity index (χ3n) is 6.89. The van der Waals surface area contributed by atoms with Gasteiger partial charge < -0.3 is 25.4 Å². The van der Waals surface area contributed by atoms with Gasteiger partial charge in [0.2, 0.25) is 5.91 Å². The van der Waals surface area contributed by atoms with Gasteiger partial charge in [0.1, 0.15) is 30.0 Å². The zero-order chi connectivity index (χ0) is 29.8. The molecule has 8 heteroatoms. The van der Waals surface area contributed by atoms with Gasteiger partial charge in [0.05, 0.1) is 0 Å². The van der Waals surface area contributed by atoms with E-state index in [1.165, 1.54) is 6.42 Å². The van der Waals surface area contributed by atoms with Crippen molar-refractivity contribution < 1.29 is 23.9 Å². The maximum atomic E-state index is 13.5. The number of hydrogen-bond acceptors (Lipinski definition) is 5. The van der Waals surface area contributed by atoms with Crippen molar-refractivity contribution in [1.82, 2.24) is 16.0 Å². The van der Waals surface area contributed by atoms with Crippen molar-refractivity contribution in [2.24, 2.45) is 5.92 Å². The van der Waals surface area contributed by atoms with Crippen LogP contribution in [0.1, 0.15) is 84.3 Å². The molecule has 0 radical (unpaired) electrons. The molecule has 3 rings (SSSR count). The number of carbonyl (C=O) groups is 3. The molecule has 224 valence electrons. The summed E-state index contributed by atoms with van der Waals surface area (Å²) in [5, 5.41) is 8.75. The molecule has 0 heterocycles. The lowest BCUT2D eigenvalue weighted by atomic mass is 9.96. The van der Waals surface area contributed by atoms with E-state index < -0.39 is 29.6 Å². The minimum absolute atomic E-state index is 0.126. The third-order valence-corrected chi connectivity index (χ3v) is 6.89. The van der Waals surface area contributed by atoms with Crippen molar-refractivity contribution in [1.29, 1.82) is 0 Å². The van der Waals surface area contributed by atoms with Crippen LogP contribution in [-0.2, 0) is 27.4 Å². The number of benzene rings is 2. The number of hydrogen-bond donors (Lipinski definition) is 3. The van der Waals surface area contributed by atoms with Gasteiger partial charge in [-0.3, -0.25) is 4.79 Å². The average Bonchev–Trinajstić information content (AvgIpc) is 2.92. The van der Waals surface area contributed by atoms with Gasteiger partial charge in [-0.2, -0.15) is 0 Å². The highest BCUT2D eigenvalue weighted by atomic mass is 16.6. The van der Waals surface area contributed by atoms with Crippen molar-refractivity contribution in [2.45, 2.75) is 110 Å². The largest absolute Gasteiger partial charge is 0.489 e. The minimum atomic E-state index is -0.921. The summed E-state index contributed by atoms with van der Waals surface area (Å²) in [6.45, 7) is 9.82. The first-order chi connectivity index (χ1) is 19.5. The maximum absolute atomic E-state index is 13.5. The summed E-state index contributed by atoms with van der Waals surface area (Å²) in [6, 6.07) is 15.5. The number of esters is 1. The van der Waals surface area contributed by atoms with E-state index >= 15 is 0 Å². The molecular formula is C33H47N3O5. The number of rotatable bonds is 12. The number of carbonyl (C=O) groups excluding carboxylic acids is 3. The molecule has 1 aliphatic carbocycles. The topological polar surface area (TPSA) is 106 Å². The summed E-state index contributed by atoms with van der Waals surface area (Å²) in [5.74, 6) is -0.0638. The Labute approximate surface area is 245 Å². The summed E-state index contributed by atoms with van der Waals surface area (Å²) in [5.41, 5.74) is 1.20. The van der Waals surface area contributed by atoms with Gasteiger partial charge in [0.15, 0.2) is 0 Å². The molecular weight excluding hydrogens is 518 g/mol. The predicted molar refractivity (Wildman–Crippen MR) is 160 cm³/mol. The zero-order valence-electron chi connectivity index (χ0n) is 25.2. The van der Waals surface area contributed by atoms with Crippen LogP contribution in [0.5, 0.6) is 5.75 Å². The first kappa shape index (κ1) is 32.0. The van der Waals surface area contributed by atoms with Gasteiger partial charge >= 0.3 is 12.0 Å². The molecule has 1 fully saturated rings. The molecule has 2 aromatic rings. The SMILES string of the molecule is CC(C)CC(NC(=O)NC1CCCCC1)C(=O)NC(Cc1ccc(OCc2ccccc2)cc1)C(=O)OC(C)(C)C. The molecule has 2 aromatic carbocycles. The molecule has 0 saturated heterocycles. The first-order valence-electron chi connectivity index (χ1n) is 14.8. The minimum Gasteiger partial charge on any atom is -0.489 e. The van der Waals surface area contributed by atoms with Crippen LogP contribution in [0.2, 0.25) is 0 Å². The number of amides is 3. The van der Waals surface area contributed by atoms with Gasteiger partial charge in [-0.25, -0.2) is 9.59 Å². The van der Waals surface area contributed by atoms with Crippen molar-refractivity contribution in [2.75, 3.05) is 0 Å². The van der Waals surface area contributed by atoms with Crippen molar-refractivity contribution in [3.63, 3.8) is 0 Å². The molecule has 0 aliphatic heterocycles. The summed E-state index contributed by atoms with van der Waals surface area (Å²) in [7, 11) is 0. The second-order valence-electron chi connectivity index (χ2n) is 12.4. The Morgan fingerprint density at radius 1 is 0.854 bits per heavy atom. The Kier molecular flexibility index (Phi) is 12.0. The monoisotopic (exact) mass is 565 g/mol. The maximum Gasteiger partial charge on any atom is 0.329 e. The fraction of sp³-hybridized carbons (Fsp3) is 0.545. The van der Waals surface area contributed by atoms with E-state index in [-0.39, 0.29) is 24.4 Å². The van der Waals surface area contributed by atoms with E-state index in [1.807, 2.05) is 68.4 Å². The molecule has 2 unspecified atom stereocenters. The zero-order valence-corrected chi connectivity index (χ0v) is 25.2. The van der Waals surface area contributed by atoms with Crippen molar-refractivity contribution in [3.8, 4) is 5.75 Å². The predicted octanol–water partition coefficient (Wildman–Crippen LogP) is 5.68. The standard InChI is InChI=1S/C33H47N3O5/c1-23(2)20-28(36-32(39)34-26-14-10-7-11-15-26)30(37)35-29(31(38)41-33(3,4)5)21-24-16-18-27(19-17-24)40-22-25-12-8-6-9-13-25/h6,8-9,12-13,16-19,23,26,28-29H,7,10-11,14-15,20-22H2,1-5H3,(H,35,37)(H2,34,36,39). The van der Waals surface area contributed by atoms with Gasteiger partial charge in [0, 0.05) is 12.5 Å². The Morgan fingerprint density at radius 3 is 2.12 bits per heavy atom. The second-order valence-corrected chi connectivity index (χ2v) is 12.4. The van der Waals surface area contributed by atoms with Crippen LogP contribution in [0.3, 0.4) is 0 Å². The molecule has 1 aliphatic rings. The Bertz CT molecular complexity index is 1110. The number of nitrogens with one attached hydrogen (secondary N) is 3. The van der Waals surface area contributed by atoms with Crippen LogP contribution in [0.4, 0.5) is 4.79 Å². The Hall–Kier alpha value is -3.55. The van der Waals surface area contributed by atoms with Crippen molar-refractivity contribution in [3.05, 3.63) is 65.7 Å². The van der Waals surface area contributed by atoms with Gasteiger partial charge in [-0.15, -0.1) is 0 Å². The van der Waals surface area contributed by atoms with Gasteiger partial charge in [-0.05, 0) is 69.2 Å². The van der Waals surface area contributed by atoms with E-state index in [0.29, 0.717) is 18.8 Å². The van der Waals surface area contributed by atoms with Crippen LogP contribution in [-0.4, -0.2) is 41.6 Å². The molecule has 2 atom stereocenters. The van der Waals surface area contributed by atoms with E-state index in [0.717, 1.165) is 36.8 Å². The molecule has 3 N–H and O–H groups in total. The fourth-order valence-corrected chi connectivity index (χ4v) is 4.87. The summed E-state index contributed by atoms with van der Waals surface area (Å²) in [4.78, 5) is 39.4. The molecule has 1 saturated carbocycles. The van der Waals surface area contributed by atoms with E-state index in [2.05, 4.69) is 16.0 Å². The van der Waals surface area contributed by atoms with E-state index in [1.54, 1.807) is 20.8 Å². The van der Waals surface area contributed by atoms with Crippen LogP contribution < -0.4 is 20.7 Å². The van der Waals surface area contributed by atoms with Gasteiger partial charge in [-0.1, -0.05) is 75.6 Å². The van der Waals surface area contributed by atoms with E-state index in [9.17, 15) is 14.4 Å². The lowest BCUT2D eigenvalue weighted by molar-refractivity contribution is -0.158. The van der Waals surface area contributed by atoms with Crippen LogP contribution in [0.25, 0.3) is 0 Å². The summed E-state index contributed by atoms with van der Waals surface area (Å²) in [6.07, 6.45) is 5.96. The first-order valence-corrected chi connectivity index (χ1v) is 14.8. The third kappa shape index (κ3) is 11.8. The normalized spacial score (nSPS) is 15.5. The van der Waals surface area contributed by atoms with Crippen molar-refractivity contribution >= 4 is 17.9 Å². The molecule has 8 nitrogen and oxygen atoms in total. The lowest BCUT2D eigenvalue weighted by Crippen LogP contribution is -2.56. The van der Waals surface area contributed by atoms with Crippen LogP contribution >= 0.6 is 0 Å². The highest BCUT2D eigenvalue weighted by Crippen LogP contribution is 2.19. The smallest absolute Gasteiger partial charge is 0.329 e. The van der Waals surface area contributed by atoms with E-state index in [4.69, 9.17) is 9.47 Å².